The van der Waals surface area contributed by atoms with Crippen LogP contribution in [0.5, 0.6) is 0 Å². The van der Waals surface area contributed by atoms with Crippen LogP contribution in [-0.4, -0.2) is 28.9 Å². The van der Waals surface area contributed by atoms with E-state index in [1.807, 2.05) is 25.1 Å². The van der Waals surface area contributed by atoms with Gasteiger partial charge in [0.25, 0.3) is 0 Å². The molecule has 3 N–H and O–H groups in total. The van der Waals surface area contributed by atoms with Crippen molar-refractivity contribution in [3.63, 3.8) is 0 Å². The Kier molecular flexibility index (Phi) is 7.86. The number of carbonyl (C=O) groups is 2. The van der Waals surface area contributed by atoms with Crippen LogP contribution in [0, 0.1) is 11.3 Å². The van der Waals surface area contributed by atoms with E-state index in [1.165, 1.54) is 11.8 Å². The minimum Gasteiger partial charge on any atom is -0.481 e. The second kappa shape index (κ2) is 9.68. The van der Waals surface area contributed by atoms with Gasteiger partial charge in [-0.3, -0.25) is 4.79 Å². The number of urea groups is 1. The minimum absolute atomic E-state index is 0.0262. The zero-order chi connectivity index (χ0) is 16.4. The summed E-state index contributed by atoms with van der Waals surface area (Å²) in [5.74, 6) is -0.879. The number of carbonyl (C=O) groups excluding carboxylic acids is 1. The van der Waals surface area contributed by atoms with Crippen molar-refractivity contribution >= 4 is 29.4 Å². The van der Waals surface area contributed by atoms with Crippen LogP contribution in [0.1, 0.15) is 26.2 Å². The van der Waals surface area contributed by atoms with E-state index in [1.54, 1.807) is 6.07 Å². The van der Waals surface area contributed by atoms with Crippen LogP contribution in [0.4, 0.5) is 10.5 Å². The number of amides is 2. The topological polar surface area (TPSA) is 102 Å². The third kappa shape index (κ3) is 6.99. The lowest BCUT2D eigenvalue weighted by atomic mass is 10.3. The summed E-state index contributed by atoms with van der Waals surface area (Å²) in [5, 5.41) is 22.7. The summed E-state index contributed by atoms with van der Waals surface area (Å²) in [6.45, 7) is 2.26. The summed E-state index contributed by atoms with van der Waals surface area (Å²) in [7, 11) is 0. The molecular formula is C15H19N3O3S. The highest BCUT2D eigenvalue weighted by molar-refractivity contribution is 8.00. The lowest BCUT2D eigenvalue weighted by Gasteiger charge is -2.13. The molecule has 2 amide bonds. The molecule has 0 saturated heterocycles. The molecule has 1 atom stereocenters. The molecule has 0 aliphatic heterocycles. The molecule has 6 nitrogen and oxygen atoms in total. The Labute approximate surface area is 133 Å². The molecule has 1 aromatic rings. The number of nitriles is 1. The van der Waals surface area contributed by atoms with Crippen molar-refractivity contribution in [3.8, 4) is 6.07 Å². The number of benzene rings is 1. The maximum Gasteiger partial charge on any atom is 0.319 e. The van der Waals surface area contributed by atoms with Gasteiger partial charge in [0.05, 0.1) is 11.8 Å². The van der Waals surface area contributed by atoms with Crippen LogP contribution in [-0.2, 0) is 4.79 Å². The lowest BCUT2D eigenvalue weighted by molar-refractivity contribution is -0.137. The molecule has 0 aliphatic rings. The summed E-state index contributed by atoms with van der Waals surface area (Å²) in [5.41, 5.74) is 0.674. The third-order valence-electron chi connectivity index (χ3n) is 2.70. The molecule has 0 aliphatic carbocycles. The van der Waals surface area contributed by atoms with Crippen LogP contribution in [0.15, 0.2) is 29.2 Å². The number of nitrogens with one attached hydrogen (secondary N) is 2. The molecule has 1 rings (SSSR count). The molecule has 7 heteroatoms. The minimum atomic E-state index is -0.879. The largest absolute Gasteiger partial charge is 0.481 e. The van der Waals surface area contributed by atoms with E-state index in [0.717, 1.165) is 4.90 Å². The molecule has 0 aromatic heterocycles. The van der Waals surface area contributed by atoms with Crippen molar-refractivity contribution in [1.29, 1.82) is 5.26 Å². The Morgan fingerprint density at radius 2 is 2.14 bits per heavy atom. The number of hydrogen-bond acceptors (Lipinski definition) is 4. The van der Waals surface area contributed by atoms with Gasteiger partial charge in [-0.2, -0.15) is 5.26 Å². The molecule has 22 heavy (non-hydrogen) atoms. The first-order chi connectivity index (χ1) is 10.5. The Morgan fingerprint density at radius 1 is 1.41 bits per heavy atom. The summed E-state index contributed by atoms with van der Waals surface area (Å²) < 4.78 is 0. The van der Waals surface area contributed by atoms with Crippen LogP contribution in [0.2, 0.25) is 0 Å². The SMILES string of the molecule is CC(CC#N)Sc1ccccc1NC(=O)NCCCC(=O)O. The van der Waals surface area contributed by atoms with Crippen molar-refractivity contribution in [3.05, 3.63) is 24.3 Å². The Hall–Kier alpha value is -2.20. The standard InChI is InChI=1S/C15H19N3O3S/c1-11(8-9-16)22-13-6-3-2-5-12(13)18-15(21)17-10-4-7-14(19)20/h2-3,5-6,11H,4,7-8,10H2,1H3,(H,19,20)(H2,17,18,21). The van der Waals surface area contributed by atoms with Gasteiger partial charge in [0, 0.05) is 29.5 Å². The molecule has 1 unspecified atom stereocenters. The molecule has 0 saturated carbocycles. The van der Waals surface area contributed by atoms with Gasteiger partial charge in [0.1, 0.15) is 0 Å². The molecule has 0 fully saturated rings. The smallest absolute Gasteiger partial charge is 0.319 e. The van der Waals surface area contributed by atoms with Crippen molar-refractivity contribution in [2.75, 3.05) is 11.9 Å². The first-order valence-electron chi connectivity index (χ1n) is 6.92. The second-order valence-corrected chi connectivity index (χ2v) is 6.15. The van der Waals surface area contributed by atoms with E-state index in [4.69, 9.17) is 10.4 Å². The van der Waals surface area contributed by atoms with Gasteiger partial charge >= 0.3 is 12.0 Å². The number of anilines is 1. The van der Waals surface area contributed by atoms with E-state index in [9.17, 15) is 9.59 Å². The van der Waals surface area contributed by atoms with Crippen molar-refractivity contribution in [2.45, 2.75) is 36.3 Å². The summed E-state index contributed by atoms with van der Waals surface area (Å²) >= 11 is 1.53. The van der Waals surface area contributed by atoms with Crippen molar-refractivity contribution in [1.82, 2.24) is 5.32 Å². The zero-order valence-corrected chi connectivity index (χ0v) is 13.2. The van der Waals surface area contributed by atoms with Gasteiger partial charge < -0.3 is 15.7 Å². The highest BCUT2D eigenvalue weighted by Gasteiger charge is 2.10. The Bertz CT molecular complexity index is 557. The van der Waals surface area contributed by atoms with Crippen molar-refractivity contribution < 1.29 is 14.7 Å². The number of rotatable bonds is 8. The summed E-state index contributed by atoms with van der Waals surface area (Å²) in [6, 6.07) is 9.12. The number of para-hydroxylation sites is 1. The third-order valence-corrected chi connectivity index (χ3v) is 3.87. The van der Waals surface area contributed by atoms with Gasteiger partial charge in [0.2, 0.25) is 0 Å². The van der Waals surface area contributed by atoms with Crippen LogP contribution >= 0.6 is 11.8 Å². The van der Waals surface area contributed by atoms with E-state index in [0.29, 0.717) is 25.1 Å². The van der Waals surface area contributed by atoms with Crippen LogP contribution in [0.3, 0.4) is 0 Å². The molecule has 0 radical (unpaired) electrons. The molecule has 0 heterocycles. The molecule has 1 aromatic carbocycles. The number of thioether (sulfide) groups is 1. The fraction of sp³-hybridized carbons (Fsp3) is 0.400. The number of hydrogen-bond donors (Lipinski definition) is 3. The van der Waals surface area contributed by atoms with E-state index in [2.05, 4.69) is 16.7 Å². The average Bonchev–Trinajstić information content (AvgIpc) is 2.46. The van der Waals surface area contributed by atoms with Gasteiger partial charge in [-0.05, 0) is 18.6 Å². The van der Waals surface area contributed by atoms with Crippen molar-refractivity contribution in [2.24, 2.45) is 0 Å². The fourth-order valence-electron chi connectivity index (χ4n) is 1.67. The second-order valence-electron chi connectivity index (χ2n) is 4.67. The van der Waals surface area contributed by atoms with Crippen LogP contribution < -0.4 is 10.6 Å². The maximum atomic E-state index is 11.8. The predicted molar refractivity (Wildman–Crippen MR) is 85.9 cm³/mol. The van der Waals surface area contributed by atoms with E-state index < -0.39 is 5.97 Å². The quantitative estimate of drug-likeness (QED) is 0.504. The Morgan fingerprint density at radius 3 is 2.82 bits per heavy atom. The number of aliphatic carboxylic acids is 1. The molecule has 118 valence electrons. The summed E-state index contributed by atoms with van der Waals surface area (Å²) in [6.07, 6.45) is 0.844. The Balaban J connectivity index is 2.52. The first-order valence-corrected chi connectivity index (χ1v) is 7.80. The van der Waals surface area contributed by atoms with Gasteiger partial charge in [-0.25, -0.2) is 4.79 Å². The van der Waals surface area contributed by atoms with E-state index in [-0.39, 0.29) is 17.7 Å². The monoisotopic (exact) mass is 321 g/mol. The predicted octanol–water partition coefficient (Wildman–Crippen LogP) is 3.07. The average molecular weight is 321 g/mol. The normalized spacial score (nSPS) is 11.3. The maximum absolute atomic E-state index is 11.8. The number of nitrogens with zero attached hydrogens (tertiary/aromatic N) is 1. The highest BCUT2D eigenvalue weighted by atomic mass is 32.2. The first kappa shape index (κ1) is 17.9. The zero-order valence-electron chi connectivity index (χ0n) is 12.3. The number of carboxylic acid groups (broad SMARTS) is 1. The molecule has 0 spiro atoms. The highest BCUT2D eigenvalue weighted by Crippen LogP contribution is 2.31. The lowest BCUT2D eigenvalue weighted by Crippen LogP contribution is -2.30. The van der Waals surface area contributed by atoms with Gasteiger partial charge in [0.15, 0.2) is 0 Å². The molecular weight excluding hydrogens is 302 g/mol. The van der Waals surface area contributed by atoms with Gasteiger partial charge in [-0.15, -0.1) is 11.8 Å². The molecule has 0 bridgehead atoms. The number of carboxylic acids is 1. The fourth-order valence-corrected chi connectivity index (χ4v) is 2.66. The van der Waals surface area contributed by atoms with Crippen LogP contribution in [0.25, 0.3) is 0 Å². The van der Waals surface area contributed by atoms with E-state index >= 15 is 0 Å². The summed E-state index contributed by atoms with van der Waals surface area (Å²) in [4.78, 5) is 23.1. The van der Waals surface area contributed by atoms with Gasteiger partial charge in [-0.1, -0.05) is 19.1 Å².